The second kappa shape index (κ2) is 7.13. The molecule has 1 aromatic carbocycles. The third kappa shape index (κ3) is 3.68. The largest absolute Gasteiger partial charge is 0.493 e. The van der Waals surface area contributed by atoms with E-state index < -0.39 is 0 Å². The second-order valence-electron chi connectivity index (χ2n) is 5.22. The van der Waals surface area contributed by atoms with Gasteiger partial charge in [-0.3, -0.25) is 4.79 Å². The van der Waals surface area contributed by atoms with E-state index in [9.17, 15) is 4.79 Å². The third-order valence-corrected chi connectivity index (χ3v) is 4.68. The van der Waals surface area contributed by atoms with Gasteiger partial charge in [0.25, 0.3) is 0 Å². The van der Waals surface area contributed by atoms with Crippen molar-refractivity contribution in [2.75, 3.05) is 27.3 Å². The molecule has 0 saturated carbocycles. The van der Waals surface area contributed by atoms with E-state index in [1.165, 1.54) is 0 Å². The van der Waals surface area contributed by atoms with Crippen LogP contribution in [0.1, 0.15) is 12.5 Å². The van der Waals surface area contributed by atoms with Crippen molar-refractivity contribution >= 4 is 21.8 Å². The number of methoxy groups -OCH3 is 2. The first kappa shape index (κ1) is 16.1. The van der Waals surface area contributed by atoms with Gasteiger partial charge in [0, 0.05) is 16.9 Å². The van der Waals surface area contributed by atoms with Crippen molar-refractivity contribution < 1.29 is 14.3 Å². The van der Waals surface area contributed by atoms with Crippen molar-refractivity contribution in [3.63, 3.8) is 0 Å². The van der Waals surface area contributed by atoms with Gasteiger partial charge in [-0.15, -0.1) is 0 Å². The van der Waals surface area contributed by atoms with Crippen LogP contribution >= 0.6 is 15.9 Å². The molecule has 0 radical (unpaired) electrons. The van der Waals surface area contributed by atoms with Crippen molar-refractivity contribution in [1.29, 1.82) is 0 Å². The summed E-state index contributed by atoms with van der Waals surface area (Å²) in [5.41, 5.74) is 0.958. The minimum absolute atomic E-state index is 0.0326. The number of benzene rings is 1. The summed E-state index contributed by atoms with van der Waals surface area (Å²) in [4.78, 5) is 12.1. The van der Waals surface area contributed by atoms with Crippen molar-refractivity contribution in [3.8, 4) is 11.5 Å². The second-order valence-corrected chi connectivity index (χ2v) is 6.08. The zero-order valence-corrected chi connectivity index (χ0v) is 14.1. The lowest BCUT2D eigenvalue weighted by Crippen LogP contribution is -2.49. The highest BCUT2D eigenvalue weighted by molar-refractivity contribution is 9.10. The van der Waals surface area contributed by atoms with Crippen LogP contribution in [0.4, 0.5) is 0 Å². The minimum Gasteiger partial charge on any atom is -0.493 e. The van der Waals surface area contributed by atoms with Crippen LogP contribution in [0, 0.1) is 11.8 Å². The molecule has 0 bridgehead atoms. The number of halogens is 1. The van der Waals surface area contributed by atoms with Crippen molar-refractivity contribution in [1.82, 2.24) is 10.6 Å². The standard InChI is InChI=1S/C15H21BrN2O3/c1-9(11-6-17-7-11)15(19)18-8-10-4-13(20-2)14(21-3)5-12(10)16/h4-5,9,11,17H,6-8H2,1-3H3,(H,18,19). The molecule has 2 N–H and O–H groups in total. The lowest BCUT2D eigenvalue weighted by atomic mass is 9.88. The van der Waals surface area contributed by atoms with Gasteiger partial charge in [0.2, 0.25) is 5.91 Å². The Hall–Kier alpha value is -1.27. The van der Waals surface area contributed by atoms with Crippen molar-refractivity contribution in [3.05, 3.63) is 22.2 Å². The van der Waals surface area contributed by atoms with E-state index in [-0.39, 0.29) is 11.8 Å². The van der Waals surface area contributed by atoms with Gasteiger partial charge in [-0.1, -0.05) is 22.9 Å². The van der Waals surface area contributed by atoms with Gasteiger partial charge in [0.15, 0.2) is 11.5 Å². The highest BCUT2D eigenvalue weighted by Gasteiger charge is 2.28. The Labute approximate surface area is 133 Å². The molecule has 1 aliphatic rings. The van der Waals surface area contributed by atoms with Crippen LogP contribution in [0.15, 0.2) is 16.6 Å². The molecule has 1 saturated heterocycles. The number of nitrogens with one attached hydrogen (secondary N) is 2. The molecule has 2 rings (SSSR count). The molecule has 116 valence electrons. The van der Waals surface area contributed by atoms with Crippen LogP contribution < -0.4 is 20.1 Å². The summed E-state index contributed by atoms with van der Waals surface area (Å²) in [5, 5.41) is 6.17. The van der Waals surface area contributed by atoms with Crippen LogP contribution in [0.5, 0.6) is 11.5 Å². The maximum absolute atomic E-state index is 12.1. The molecule has 5 nitrogen and oxygen atoms in total. The monoisotopic (exact) mass is 356 g/mol. The lowest BCUT2D eigenvalue weighted by Gasteiger charge is -2.31. The number of rotatable bonds is 6. The topological polar surface area (TPSA) is 59.6 Å². The zero-order chi connectivity index (χ0) is 15.4. The summed E-state index contributed by atoms with van der Waals surface area (Å²) in [7, 11) is 3.19. The number of carbonyl (C=O) groups excluding carboxylic acids is 1. The molecule has 1 amide bonds. The van der Waals surface area contributed by atoms with Crippen molar-refractivity contribution in [2.45, 2.75) is 13.5 Å². The first-order valence-electron chi connectivity index (χ1n) is 6.95. The average Bonchev–Trinajstić information content (AvgIpc) is 2.43. The maximum atomic E-state index is 12.1. The van der Waals surface area contributed by atoms with E-state index in [2.05, 4.69) is 26.6 Å². The fourth-order valence-electron chi connectivity index (χ4n) is 2.25. The molecule has 1 unspecified atom stereocenters. The van der Waals surface area contributed by atoms with Gasteiger partial charge in [0.1, 0.15) is 0 Å². The predicted molar refractivity (Wildman–Crippen MR) is 84.6 cm³/mol. The van der Waals surface area contributed by atoms with Gasteiger partial charge in [-0.05, 0) is 36.7 Å². The van der Waals surface area contributed by atoms with Gasteiger partial charge < -0.3 is 20.1 Å². The summed E-state index contributed by atoms with van der Waals surface area (Å²) < 4.78 is 11.4. The van der Waals surface area contributed by atoms with E-state index in [0.29, 0.717) is 24.0 Å². The minimum atomic E-state index is 0.0326. The third-order valence-electron chi connectivity index (χ3n) is 3.94. The van der Waals surface area contributed by atoms with Gasteiger partial charge in [0.05, 0.1) is 14.2 Å². The number of carbonyl (C=O) groups is 1. The molecule has 1 aromatic rings. The first-order chi connectivity index (χ1) is 10.1. The fourth-order valence-corrected chi connectivity index (χ4v) is 2.72. The Morgan fingerprint density at radius 3 is 2.52 bits per heavy atom. The summed E-state index contributed by atoms with van der Waals surface area (Å²) >= 11 is 3.50. The molecule has 6 heteroatoms. The van der Waals surface area contributed by atoms with Gasteiger partial charge in [-0.2, -0.15) is 0 Å². The maximum Gasteiger partial charge on any atom is 0.223 e. The molecule has 1 fully saturated rings. The van der Waals surface area contributed by atoms with Crippen LogP contribution in [0.25, 0.3) is 0 Å². The molecular weight excluding hydrogens is 336 g/mol. The number of hydrogen-bond donors (Lipinski definition) is 2. The van der Waals surface area contributed by atoms with Crippen LogP contribution in [0.3, 0.4) is 0 Å². The summed E-state index contributed by atoms with van der Waals surface area (Å²) in [6, 6.07) is 3.72. The molecule has 0 spiro atoms. The van der Waals surface area contributed by atoms with E-state index >= 15 is 0 Å². The van der Waals surface area contributed by atoms with Crippen molar-refractivity contribution in [2.24, 2.45) is 11.8 Å². The molecule has 1 atom stereocenters. The van der Waals surface area contributed by atoms with E-state index in [1.54, 1.807) is 14.2 Å². The van der Waals surface area contributed by atoms with E-state index in [4.69, 9.17) is 9.47 Å². The molecule has 1 heterocycles. The molecule has 21 heavy (non-hydrogen) atoms. The summed E-state index contributed by atoms with van der Waals surface area (Å²) in [6.07, 6.45) is 0. The molecular formula is C15H21BrN2O3. The Kier molecular flexibility index (Phi) is 5.47. The summed E-state index contributed by atoms with van der Waals surface area (Å²) in [6.45, 7) is 4.29. The average molecular weight is 357 g/mol. The van der Waals surface area contributed by atoms with Crippen LogP contribution in [-0.4, -0.2) is 33.2 Å². The Balaban J connectivity index is 2.00. The highest BCUT2D eigenvalue weighted by atomic mass is 79.9. The fraction of sp³-hybridized carbons (Fsp3) is 0.533. The van der Waals surface area contributed by atoms with Crippen LogP contribution in [-0.2, 0) is 11.3 Å². The van der Waals surface area contributed by atoms with E-state index in [1.807, 2.05) is 19.1 Å². The Morgan fingerprint density at radius 1 is 1.38 bits per heavy atom. The SMILES string of the molecule is COc1cc(Br)c(CNC(=O)C(C)C2CNC2)cc1OC. The van der Waals surface area contributed by atoms with Gasteiger partial charge in [-0.25, -0.2) is 0 Å². The highest BCUT2D eigenvalue weighted by Crippen LogP contribution is 2.33. The summed E-state index contributed by atoms with van der Waals surface area (Å²) in [5.74, 6) is 1.88. The molecule has 1 aliphatic heterocycles. The predicted octanol–water partition coefficient (Wildman–Crippen LogP) is 1.94. The first-order valence-corrected chi connectivity index (χ1v) is 7.75. The van der Waals surface area contributed by atoms with Crippen LogP contribution in [0.2, 0.25) is 0 Å². The number of amides is 1. The lowest BCUT2D eigenvalue weighted by molar-refractivity contribution is -0.126. The number of hydrogen-bond acceptors (Lipinski definition) is 4. The zero-order valence-electron chi connectivity index (χ0n) is 12.5. The molecule has 0 aliphatic carbocycles. The normalized spacial score (nSPS) is 16.0. The Morgan fingerprint density at radius 2 is 2.00 bits per heavy atom. The van der Waals surface area contributed by atoms with Gasteiger partial charge >= 0.3 is 0 Å². The van der Waals surface area contributed by atoms with E-state index in [0.717, 1.165) is 23.1 Å². The smallest absolute Gasteiger partial charge is 0.223 e. The molecule has 0 aromatic heterocycles. The Bertz CT molecular complexity index is 518. The quantitative estimate of drug-likeness (QED) is 0.817. The number of ether oxygens (including phenoxy) is 2.